The maximum absolute atomic E-state index is 5.36. The van der Waals surface area contributed by atoms with E-state index < -0.39 is 0 Å². The van der Waals surface area contributed by atoms with Crippen LogP contribution in [0.2, 0.25) is 0 Å². The van der Waals surface area contributed by atoms with E-state index in [1.807, 2.05) is 53.1 Å². The fourth-order valence-corrected chi connectivity index (χ4v) is 3.09. The van der Waals surface area contributed by atoms with E-state index in [0.717, 1.165) is 33.9 Å². The number of rotatable bonds is 6. The molecule has 10 nitrogen and oxygen atoms in total. The summed E-state index contributed by atoms with van der Waals surface area (Å²) in [7, 11) is 3.20. The summed E-state index contributed by atoms with van der Waals surface area (Å²) in [5.41, 5.74) is 4.27. The van der Waals surface area contributed by atoms with Crippen LogP contribution in [0.25, 0.3) is 17.0 Å². The molecule has 3 heterocycles. The SMILES string of the molecule is CN=N/C(=N\N)c1ccc(CNc2cc(-c3cnc4cc(OC)ccn34)ncn2)cc1. The lowest BCUT2D eigenvalue weighted by atomic mass is 10.1. The maximum Gasteiger partial charge on any atom is 0.200 e. The van der Waals surface area contributed by atoms with Gasteiger partial charge in [-0.3, -0.25) is 4.40 Å². The van der Waals surface area contributed by atoms with Crippen LogP contribution < -0.4 is 15.9 Å². The molecular weight excluding hydrogens is 394 g/mol. The number of hydrazone groups is 1. The largest absolute Gasteiger partial charge is 0.497 e. The number of imidazole rings is 1. The molecule has 0 saturated heterocycles. The number of hydrogen-bond acceptors (Lipinski definition) is 8. The minimum atomic E-state index is 0.383. The second kappa shape index (κ2) is 8.99. The van der Waals surface area contributed by atoms with Crippen molar-refractivity contribution in [1.82, 2.24) is 19.4 Å². The predicted molar refractivity (Wildman–Crippen MR) is 118 cm³/mol. The van der Waals surface area contributed by atoms with Crippen LogP contribution in [-0.4, -0.2) is 39.3 Å². The third kappa shape index (κ3) is 4.32. The number of nitrogens with two attached hydrogens (primary N) is 1. The smallest absolute Gasteiger partial charge is 0.200 e. The number of anilines is 1. The minimum absolute atomic E-state index is 0.383. The Bertz CT molecular complexity index is 1250. The molecule has 156 valence electrons. The summed E-state index contributed by atoms with van der Waals surface area (Å²) in [5, 5.41) is 14.6. The number of fused-ring (bicyclic) bond motifs is 1. The molecule has 0 aliphatic heterocycles. The van der Waals surface area contributed by atoms with Gasteiger partial charge in [0.15, 0.2) is 5.84 Å². The Morgan fingerprint density at radius 3 is 2.71 bits per heavy atom. The summed E-state index contributed by atoms with van der Waals surface area (Å²) in [4.78, 5) is 13.2. The van der Waals surface area contributed by atoms with Crippen molar-refractivity contribution >= 4 is 17.3 Å². The van der Waals surface area contributed by atoms with Gasteiger partial charge in [0.2, 0.25) is 0 Å². The molecule has 3 N–H and O–H groups in total. The molecular formula is C21H21N9O. The van der Waals surface area contributed by atoms with Gasteiger partial charge in [-0.2, -0.15) is 10.2 Å². The zero-order valence-electron chi connectivity index (χ0n) is 17.1. The van der Waals surface area contributed by atoms with Crippen LogP contribution in [0.4, 0.5) is 5.82 Å². The van der Waals surface area contributed by atoms with Gasteiger partial charge < -0.3 is 15.9 Å². The fraction of sp³-hybridized carbons (Fsp3) is 0.143. The van der Waals surface area contributed by atoms with Crippen molar-refractivity contribution in [2.75, 3.05) is 19.5 Å². The van der Waals surface area contributed by atoms with Crippen molar-refractivity contribution in [3.05, 3.63) is 72.3 Å². The third-order valence-electron chi connectivity index (χ3n) is 4.65. The summed E-state index contributed by atoms with van der Waals surface area (Å²) in [6.45, 7) is 0.589. The van der Waals surface area contributed by atoms with Gasteiger partial charge in [0.1, 0.15) is 23.5 Å². The van der Waals surface area contributed by atoms with Crippen LogP contribution in [0.5, 0.6) is 5.75 Å². The Morgan fingerprint density at radius 1 is 1.13 bits per heavy atom. The van der Waals surface area contributed by atoms with Gasteiger partial charge in [-0.05, 0) is 11.6 Å². The van der Waals surface area contributed by atoms with E-state index in [1.54, 1.807) is 20.4 Å². The van der Waals surface area contributed by atoms with Gasteiger partial charge >= 0.3 is 0 Å². The predicted octanol–water partition coefficient (Wildman–Crippen LogP) is 3.11. The van der Waals surface area contributed by atoms with Crippen molar-refractivity contribution in [1.29, 1.82) is 0 Å². The molecule has 4 aromatic rings. The van der Waals surface area contributed by atoms with Crippen molar-refractivity contribution in [3.63, 3.8) is 0 Å². The number of ether oxygens (including phenoxy) is 1. The summed E-state index contributed by atoms with van der Waals surface area (Å²) < 4.78 is 7.21. The van der Waals surface area contributed by atoms with E-state index >= 15 is 0 Å². The number of amidine groups is 1. The monoisotopic (exact) mass is 415 g/mol. The summed E-state index contributed by atoms with van der Waals surface area (Å²) in [6.07, 6.45) is 5.22. The van der Waals surface area contributed by atoms with Crippen LogP contribution in [0.3, 0.4) is 0 Å². The number of pyridine rings is 1. The molecule has 0 saturated carbocycles. The molecule has 31 heavy (non-hydrogen) atoms. The van der Waals surface area contributed by atoms with Crippen molar-refractivity contribution in [2.45, 2.75) is 6.54 Å². The molecule has 3 aromatic heterocycles. The number of nitrogens with zero attached hydrogens (tertiary/aromatic N) is 7. The van der Waals surface area contributed by atoms with Crippen molar-refractivity contribution in [2.24, 2.45) is 21.2 Å². The number of nitrogens with one attached hydrogen (secondary N) is 1. The minimum Gasteiger partial charge on any atom is -0.497 e. The van der Waals surface area contributed by atoms with Crippen LogP contribution in [0.15, 0.2) is 76.5 Å². The molecule has 0 aliphatic rings. The summed E-state index contributed by atoms with van der Waals surface area (Å²) in [6, 6.07) is 13.4. The highest BCUT2D eigenvalue weighted by Crippen LogP contribution is 2.23. The standard InChI is InChI=1S/C21H21N9O/c1-23-29-21(28-22)15-5-3-14(4-6-15)11-24-19-10-17(26-13-27-19)18-12-25-20-9-16(31-2)7-8-30(18)20/h3-10,12-13H,11,22H2,1-2H3,(H,24,26,27)/b28-21-,29-23?. The van der Waals surface area contributed by atoms with Crippen LogP contribution >= 0.6 is 0 Å². The van der Waals surface area contributed by atoms with Gasteiger partial charge in [0.05, 0.1) is 24.7 Å². The lowest BCUT2D eigenvalue weighted by Gasteiger charge is -2.08. The topological polar surface area (TPSA) is 127 Å². The molecule has 0 fully saturated rings. The number of aromatic nitrogens is 4. The lowest BCUT2D eigenvalue weighted by molar-refractivity contribution is 0.414. The zero-order chi connectivity index (χ0) is 21.6. The first-order valence-corrected chi connectivity index (χ1v) is 9.46. The molecule has 0 spiro atoms. The molecule has 4 rings (SSSR count). The van der Waals surface area contributed by atoms with Crippen LogP contribution in [0.1, 0.15) is 11.1 Å². The number of azo groups is 1. The summed E-state index contributed by atoms with van der Waals surface area (Å²) >= 11 is 0. The Morgan fingerprint density at radius 2 is 1.97 bits per heavy atom. The molecule has 0 atom stereocenters. The zero-order valence-corrected chi connectivity index (χ0v) is 17.1. The fourth-order valence-electron chi connectivity index (χ4n) is 3.09. The van der Waals surface area contributed by atoms with E-state index in [4.69, 9.17) is 10.6 Å². The van der Waals surface area contributed by atoms with Gasteiger partial charge in [-0.15, -0.1) is 5.11 Å². The Kier molecular flexibility index (Phi) is 5.79. The molecule has 0 aliphatic carbocycles. The lowest BCUT2D eigenvalue weighted by Crippen LogP contribution is -2.04. The second-order valence-electron chi connectivity index (χ2n) is 6.53. The maximum atomic E-state index is 5.36. The van der Waals surface area contributed by atoms with Crippen LogP contribution in [-0.2, 0) is 6.54 Å². The molecule has 1 aromatic carbocycles. The van der Waals surface area contributed by atoms with Gasteiger partial charge in [-0.25, -0.2) is 15.0 Å². The van der Waals surface area contributed by atoms with Gasteiger partial charge in [-0.1, -0.05) is 24.3 Å². The van der Waals surface area contributed by atoms with E-state index in [1.165, 1.54) is 6.33 Å². The van der Waals surface area contributed by atoms with Crippen molar-refractivity contribution < 1.29 is 4.74 Å². The highest BCUT2D eigenvalue weighted by molar-refractivity contribution is 5.98. The number of benzene rings is 1. The van der Waals surface area contributed by atoms with E-state index in [0.29, 0.717) is 18.2 Å². The highest BCUT2D eigenvalue weighted by atomic mass is 16.5. The average Bonchev–Trinajstić information content (AvgIpc) is 3.25. The first-order chi connectivity index (χ1) is 15.2. The number of methoxy groups -OCH3 is 1. The van der Waals surface area contributed by atoms with E-state index in [-0.39, 0.29) is 0 Å². The van der Waals surface area contributed by atoms with E-state index in [9.17, 15) is 0 Å². The Hall–Kier alpha value is -4.34. The average molecular weight is 415 g/mol. The van der Waals surface area contributed by atoms with E-state index in [2.05, 4.69) is 35.6 Å². The molecule has 0 amide bonds. The third-order valence-corrected chi connectivity index (χ3v) is 4.65. The first kappa shape index (κ1) is 20.0. The van der Waals surface area contributed by atoms with Gasteiger partial charge in [0, 0.05) is 37.5 Å². The highest BCUT2D eigenvalue weighted by Gasteiger charge is 2.09. The van der Waals surface area contributed by atoms with Gasteiger partial charge in [0.25, 0.3) is 0 Å². The molecule has 0 bridgehead atoms. The Labute approximate surface area is 178 Å². The Balaban J connectivity index is 1.50. The molecule has 0 unspecified atom stereocenters. The van der Waals surface area contributed by atoms with Crippen LogP contribution in [0, 0.1) is 0 Å². The number of hydrogen-bond donors (Lipinski definition) is 2. The van der Waals surface area contributed by atoms with Crippen molar-refractivity contribution in [3.8, 4) is 17.1 Å². The summed E-state index contributed by atoms with van der Waals surface area (Å²) in [5.74, 6) is 7.21. The second-order valence-corrected chi connectivity index (χ2v) is 6.53. The first-order valence-electron chi connectivity index (χ1n) is 9.46. The molecule has 10 heteroatoms. The molecule has 0 radical (unpaired) electrons. The quantitative estimate of drug-likeness (QED) is 0.164. The normalized spacial score (nSPS) is 11.9.